The topological polar surface area (TPSA) is 42.0 Å². The second-order valence-corrected chi connectivity index (χ2v) is 5.80. The molecule has 1 amide bonds. The zero-order valence-corrected chi connectivity index (χ0v) is 12.6. The van der Waals surface area contributed by atoms with E-state index < -0.39 is 11.7 Å². The molecule has 1 atom stereocenters. The Morgan fingerprint density at radius 1 is 1.50 bits per heavy atom. The summed E-state index contributed by atoms with van der Waals surface area (Å²) in [5.74, 6) is -0.877. The molecule has 0 saturated carbocycles. The highest BCUT2D eigenvalue weighted by molar-refractivity contribution is 7.11. The van der Waals surface area contributed by atoms with Crippen molar-refractivity contribution in [3.63, 3.8) is 0 Å². The zero-order valence-electron chi connectivity index (χ0n) is 11.7. The minimum Gasteiger partial charge on any atom is -0.343 e. The van der Waals surface area contributed by atoms with Crippen LogP contribution in [0.5, 0.6) is 0 Å². The highest BCUT2D eigenvalue weighted by Gasteiger charge is 2.17. The summed E-state index contributed by atoms with van der Waals surface area (Å²) in [5, 5.41) is 3.62. The van der Waals surface area contributed by atoms with Gasteiger partial charge in [-0.15, -0.1) is 11.3 Å². The van der Waals surface area contributed by atoms with E-state index in [0.29, 0.717) is 5.56 Å². The molecule has 0 radical (unpaired) electrons. The Balaban J connectivity index is 2.13. The van der Waals surface area contributed by atoms with Gasteiger partial charge in [-0.25, -0.2) is 9.37 Å². The van der Waals surface area contributed by atoms with E-state index in [1.165, 1.54) is 10.9 Å². The summed E-state index contributed by atoms with van der Waals surface area (Å²) in [4.78, 5) is 17.6. The highest BCUT2D eigenvalue weighted by Crippen LogP contribution is 2.21. The van der Waals surface area contributed by atoms with Gasteiger partial charge in [-0.1, -0.05) is 19.1 Å². The van der Waals surface area contributed by atoms with Gasteiger partial charge in [-0.05, 0) is 31.9 Å². The van der Waals surface area contributed by atoms with Crippen LogP contribution >= 0.6 is 11.3 Å². The average Bonchev–Trinajstić information content (AvgIpc) is 2.90. The largest absolute Gasteiger partial charge is 0.343 e. The SMILES string of the molecule is CCc1cnc(C(C)NC(=O)c2cccc(C)c2F)s1. The summed E-state index contributed by atoms with van der Waals surface area (Å²) in [5.41, 5.74) is 0.539. The second kappa shape index (κ2) is 6.13. The Labute approximate surface area is 121 Å². The van der Waals surface area contributed by atoms with Crippen LogP contribution in [0.4, 0.5) is 4.39 Å². The van der Waals surface area contributed by atoms with Crippen molar-refractivity contribution >= 4 is 17.2 Å². The summed E-state index contributed by atoms with van der Waals surface area (Å²) in [6.45, 7) is 5.55. The van der Waals surface area contributed by atoms with Crippen molar-refractivity contribution in [2.45, 2.75) is 33.2 Å². The second-order valence-electron chi connectivity index (χ2n) is 4.65. The third kappa shape index (κ3) is 3.04. The number of carbonyl (C=O) groups is 1. The summed E-state index contributed by atoms with van der Waals surface area (Å²) in [7, 11) is 0. The Morgan fingerprint density at radius 2 is 2.25 bits per heavy atom. The first-order valence-corrected chi connectivity index (χ1v) is 7.35. The van der Waals surface area contributed by atoms with Crippen molar-refractivity contribution in [1.29, 1.82) is 0 Å². The number of hydrogen-bond acceptors (Lipinski definition) is 3. The molecule has 3 nitrogen and oxygen atoms in total. The number of nitrogens with one attached hydrogen (secondary N) is 1. The van der Waals surface area contributed by atoms with E-state index in [4.69, 9.17) is 0 Å². The molecule has 2 aromatic rings. The molecule has 1 aromatic carbocycles. The molecule has 0 spiro atoms. The van der Waals surface area contributed by atoms with Crippen molar-refractivity contribution in [3.8, 4) is 0 Å². The quantitative estimate of drug-likeness (QED) is 0.934. The fourth-order valence-electron chi connectivity index (χ4n) is 1.85. The van der Waals surface area contributed by atoms with Crippen LogP contribution in [0.1, 0.15) is 45.7 Å². The van der Waals surface area contributed by atoms with Crippen LogP contribution in [0.2, 0.25) is 0 Å². The van der Waals surface area contributed by atoms with Crippen molar-refractivity contribution in [3.05, 3.63) is 51.2 Å². The fraction of sp³-hybridized carbons (Fsp3) is 0.333. The molecule has 0 aliphatic heterocycles. The molecule has 5 heteroatoms. The molecule has 1 aromatic heterocycles. The van der Waals surface area contributed by atoms with Gasteiger partial charge in [-0.2, -0.15) is 0 Å². The molecule has 0 fully saturated rings. The van der Waals surface area contributed by atoms with Gasteiger partial charge >= 0.3 is 0 Å². The predicted molar refractivity (Wildman–Crippen MR) is 78.5 cm³/mol. The van der Waals surface area contributed by atoms with Crippen LogP contribution < -0.4 is 5.32 Å². The normalized spacial score (nSPS) is 12.2. The van der Waals surface area contributed by atoms with Gasteiger partial charge in [0.05, 0.1) is 11.6 Å². The Kier molecular flexibility index (Phi) is 4.49. The molecular formula is C15H17FN2OS. The summed E-state index contributed by atoms with van der Waals surface area (Å²) in [6, 6.07) is 4.58. The lowest BCUT2D eigenvalue weighted by Gasteiger charge is -2.12. The maximum absolute atomic E-state index is 13.9. The van der Waals surface area contributed by atoms with E-state index >= 15 is 0 Å². The predicted octanol–water partition coefficient (Wildman–Crippen LogP) is 3.64. The van der Waals surface area contributed by atoms with Gasteiger partial charge < -0.3 is 5.32 Å². The van der Waals surface area contributed by atoms with E-state index in [-0.39, 0.29) is 11.6 Å². The number of benzene rings is 1. The van der Waals surface area contributed by atoms with Crippen LogP contribution in [0, 0.1) is 12.7 Å². The first kappa shape index (κ1) is 14.7. The first-order valence-electron chi connectivity index (χ1n) is 6.53. The molecule has 0 bridgehead atoms. The first-order chi connectivity index (χ1) is 9.52. The number of aromatic nitrogens is 1. The number of thiazole rings is 1. The molecule has 0 saturated heterocycles. The van der Waals surface area contributed by atoms with Crippen molar-refractivity contribution < 1.29 is 9.18 Å². The number of amides is 1. The molecule has 1 heterocycles. The van der Waals surface area contributed by atoms with Crippen LogP contribution in [0.25, 0.3) is 0 Å². The van der Waals surface area contributed by atoms with Crippen LogP contribution in [0.15, 0.2) is 24.4 Å². The number of hydrogen-bond donors (Lipinski definition) is 1. The minimum absolute atomic E-state index is 0.0733. The van der Waals surface area contributed by atoms with E-state index in [1.54, 1.807) is 30.4 Å². The van der Waals surface area contributed by atoms with Gasteiger partial charge in [0.2, 0.25) is 0 Å². The van der Waals surface area contributed by atoms with Gasteiger partial charge in [0.15, 0.2) is 0 Å². The van der Waals surface area contributed by atoms with E-state index in [0.717, 1.165) is 11.4 Å². The van der Waals surface area contributed by atoms with Crippen LogP contribution in [-0.4, -0.2) is 10.9 Å². The number of nitrogens with zero attached hydrogens (tertiary/aromatic N) is 1. The molecule has 106 valence electrons. The summed E-state index contributed by atoms with van der Waals surface area (Å²) >= 11 is 1.57. The van der Waals surface area contributed by atoms with Crippen molar-refractivity contribution in [2.75, 3.05) is 0 Å². The average molecular weight is 292 g/mol. The Hall–Kier alpha value is -1.75. The Morgan fingerprint density at radius 3 is 2.90 bits per heavy atom. The van der Waals surface area contributed by atoms with Crippen LogP contribution in [-0.2, 0) is 6.42 Å². The molecule has 2 rings (SSSR count). The van der Waals surface area contributed by atoms with E-state index in [9.17, 15) is 9.18 Å². The maximum atomic E-state index is 13.9. The molecule has 0 aliphatic carbocycles. The van der Waals surface area contributed by atoms with Gasteiger partial charge in [0, 0.05) is 11.1 Å². The van der Waals surface area contributed by atoms with Gasteiger partial charge in [0.25, 0.3) is 5.91 Å². The highest BCUT2D eigenvalue weighted by atomic mass is 32.1. The smallest absolute Gasteiger partial charge is 0.254 e. The molecule has 0 aliphatic rings. The number of halogens is 1. The standard InChI is InChI=1S/C15H17FN2OS/c1-4-11-8-17-15(20-11)10(3)18-14(19)12-7-5-6-9(2)13(12)16/h5-8,10H,4H2,1-3H3,(H,18,19). The fourth-order valence-corrected chi connectivity index (χ4v) is 2.70. The van der Waals surface area contributed by atoms with Gasteiger partial charge in [0.1, 0.15) is 10.8 Å². The monoisotopic (exact) mass is 292 g/mol. The minimum atomic E-state index is -0.467. The van der Waals surface area contributed by atoms with Crippen molar-refractivity contribution in [1.82, 2.24) is 10.3 Å². The number of carbonyl (C=O) groups excluding carboxylic acids is 1. The lowest BCUT2D eigenvalue weighted by Crippen LogP contribution is -2.27. The van der Waals surface area contributed by atoms with E-state index in [2.05, 4.69) is 17.2 Å². The third-order valence-corrected chi connectivity index (χ3v) is 4.40. The zero-order chi connectivity index (χ0) is 14.7. The molecule has 1 unspecified atom stereocenters. The van der Waals surface area contributed by atoms with E-state index in [1.807, 2.05) is 13.1 Å². The Bertz CT molecular complexity index is 624. The van der Waals surface area contributed by atoms with Crippen molar-refractivity contribution in [2.24, 2.45) is 0 Å². The lowest BCUT2D eigenvalue weighted by molar-refractivity contribution is 0.0935. The molecule has 20 heavy (non-hydrogen) atoms. The molecule has 1 N–H and O–H groups in total. The number of rotatable bonds is 4. The number of aryl methyl sites for hydroxylation is 2. The van der Waals surface area contributed by atoms with Crippen LogP contribution in [0.3, 0.4) is 0 Å². The maximum Gasteiger partial charge on any atom is 0.254 e. The molecular weight excluding hydrogens is 275 g/mol. The summed E-state index contributed by atoms with van der Waals surface area (Å²) in [6.07, 6.45) is 2.74. The van der Waals surface area contributed by atoms with Gasteiger partial charge in [-0.3, -0.25) is 4.79 Å². The third-order valence-electron chi connectivity index (χ3n) is 3.07. The lowest BCUT2D eigenvalue weighted by atomic mass is 10.1. The summed E-state index contributed by atoms with van der Waals surface area (Å²) < 4.78 is 13.9.